The number of carbonyl (C=O) groups is 2. The summed E-state index contributed by atoms with van der Waals surface area (Å²) >= 11 is 3.66. The first-order valence-electron chi connectivity index (χ1n) is 4.81. The van der Waals surface area contributed by atoms with Gasteiger partial charge in [0.25, 0.3) is 0 Å². The highest BCUT2D eigenvalue weighted by Crippen LogP contribution is 2.01. The number of amides is 1. The summed E-state index contributed by atoms with van der Waals surface area (Å²) in [7, 11) is 0. The minimum absolute atomic E-state index is 0.344. The van der Waals surface area contributed by atoms with Crippen molar-refractivity contribution >= 4 is 24.2 Å². The van der Waals surface area contributed by atoms with E-state index in [1.807, 2.05) is 6.08 Å². The van der Waals surface area contributed by atoms with Crippen LogP contribution >= 0.6 is 12.6 Å². The third kappa shape index (κ3) is 6.71. The predicted octanol–water partition coefficient (Wildman–Crippen LogP) is 1.69. The van der Waals surface area contributed by atoms with E-state index >= 15 is 0 Å². The Bertz CT molecular complexity index is 204. The molecule has 0 aromatic heterocycles. The highest BCUT2D eigenvalue weighted by atomic mass is 32.1. The second-order valence-corrected chi connectivity index (χ2v) is 3.47. The SMILES string of the molecule is CCCCC/C=C\C(NC=O)C(=O)S. The van der Waals surface area contributed by atoms with Crippen molar-refractivity contribution < 1.29 is 9.59 Å². The molecule has 1 amide bonds. The molecule has 1 unspecified atom stereocenters. The van der Waals surface area contributed by atoms with Crippen molar-refractivity contribution in [1.29, 1.82) is 0 Å². The Morgan fingerprint density at radius 1 is 1.50 bits per heavy atom. The minimum Gasteiger partial charge on any atom is -0.345 e. The number of thiol groups is 1. The van der Waals surface area contributed by atoms with Crippen LogP contribution in [0.25, 0.3) is 0 Å². The maximum atomic E-state index is 10.8. The van der Waals surface area contributed by atoms with Crippen molar-refractivity contribution in [2.45, 2.75) is 38.6 Å². The van der Waals surface area contributed by atoms with Crippen molar-refractivity contribution in [3.8, 4) is 0 Å². The van der Waals surface area contributed by atoms with Crippen LogP contribution in [0.2, 0.25) is 0 Å². The van der Waals surface area contributed by atoms with Crippen molar-refractivity contribution in [3.63, 3.8) is 0 Å². The molecule has 0 saturated carbocycles. The molecule has 0 fully saturated rings. The molecule has 14 heavy (non-hydrogen) atoms. The lowest BCUT2D eigenvalue weighted by atomic mass is 10.2. The lowest BCUT2D eigenvalue weighted by Crippen LogP contribution is -2.31. The summed E-state index contributed by atoms with van der Waals surface area (Å²) in [5, 5.41) is 2.04. The second-order valence-electron chi connectivity index (χ2n) is 3.02. The number of carbonyl (C=O) groups excluding carboxylic acids is 2. The number of hydrogen-bond acceptors (Lipinski definition) is 2. The van der Waals surface area contributed by atoms with E-state index in [2.05, 4.69) is 24.9 Å². The molecule has 0 aliphatic carbocycles. The van der Waals surface area contributed by atoms with Crippen LogP contribution in [0.15, 0.2) is 12.2 Å². The molecule has 0 heterocycles. The van der Waals surface area contributed by atoms with Crippen LogP contribution in [0.4, 0.5) is 0 Å². The van der Waals surface area contributed by atoms with Gasteiger partial charge in [0.05, 0.1) is 0 Å². The van der Waals surface area contributed by atoms with Gasteiger partial charge in [-0.1, -0.05) is 31.9 Å². The van der Waals surface area contributed by atoms with Gasteiger partial charge in [-0.3, -0.25) is 9.59 Å². The van der Waals surface area contributed by atoms with Crippen LogP contribution in [0.1, 0.15) is 32.6 Å². The molecule has 0 saturated heterocycles. The molecular formula is C10H17NO2S. The Balaban J connectivity index is 3.78. The third-order valence-electron chi connectivity index (χ3n) is 1.82. The summed E-state index contributed by atoms with van der Waals surface area (Å²) in [5.41, 5.74) is 0. The van der Waals surface area contributed by atoms with Crippen LogP contribution in [0.5, 0.6) is 0 Å². The molecule has 1 N–H and O–H groups in total. The fourth-order valence-corrected chi connectivity index (χ4v) is 1.19. The number of unbranched alkanes of at least 4 members (excludes halogenated alkanes) is 3. The van der Waals surface area contributed by atoms with E-state index in [0.717, 1.165) is 12.8 Å². The van der Waals surface area contributed by atoms with Crippen molar-refractivity contribution in [2.75, 3.05) is 0 Å². The minimum atomic E-state index is -0.586. The molecule has 0 spiro atoms. The first-order chi connectivity index (χ1) is 6.72. The zero-order valence-corrected chi connectivity index (χ0v) is 9.30. The third-order valence-corrected chi connectivity index (χ3v) is 2.09. The van der Waals surface area contributed by atoms with Gasteiger partial charge in [-0.2, -0.15) is 0 Å². The van der Waals surface area contributed by atoms with E-state index in [9.17, 15) is 9.59 Å². The van der Waals surface area contributed by atoms with Crippen LogP contribution in [-0.2, 0) is 9.59 Å². The van der Waals surface area contributed by atoms with Crippen LogP contribution < -0.4 is 5.32 Å². The Morgan fingerprint density at radius 2 is 2.21 bits per heavy atom. The monoisotopic (exact) mass is 215 g/mol. The van der Waals surface area contributed by atoms with Gasteiger partial charge in [0.15, 0.2) is 0 Å². The first-order valence-corrected chi connectivity index (χ1v) is 5.26. The van der Waals surface area contributed by atoms with E-state index in [1.165, 1.54) is 12.8 Å². The predicted molar refractivity (Wildman–Crippen MR) is 60.3 cm³/mol. The Morgan fingerprint density at radius 3 is 2.71 bits per heavy atom. The number of nitrogens with one attached hydrogen (secondary N) is 1. The van der Waals surface area contributed by atoms with Gasteiger partial charge in [-0.25, -0.2) is 0 Å². The zero-order valence-electron chi connectivity index (χ0n) is 8.40. The molecular weight excluding hydrogens is 198 g/mol. The van der Waals surface area contributed by atoms with E-state index in [1.54, 1.807) is 6.08 Å². The standard InChI is InChI=1S/C10H17NO2S/c1-2-3-4-5-6-7-9(10(13)14)11-8-12/h6-9H,2-5H2,1H3,(H,11,12)(H,13,14)/b7-6-. The highest BCUT2D eigenvalue weighted by Gasteiger charge is 2.08. The number of allylic oxidation sites excluding steroid dienone is 1. The van der Waals surface area contributed by atoms with E-state index in [4.69, 9.17) is 0 Å². The topological polar surface area (TPSA) is 46.2 Å². The normalized spacial score (nSPS) is 12.7. The Hall–Kier alpha value is -0.770. The fraction of sp³-hybridized carbons (Fsp3) is 0.600. The van der Waals surface area contributed by atoms with Gasteiger partial charge in [-0.05, 0) is 12.8 Å². The summed E-state index contributed by atoms with van der Waals surface area (Å²) in [6.07, 6.45) is 8.51. The smallest absolute Gasteiger partial charge is 0.212 e. The molecule has 4 heteroatoms. The van der Waals surface area contributed by atoms with Crippen LogP contribution in [0.3, 0.4) is 0 Å². The van der Waals surface area contributed by atoms with Crippen molar-refractivity contribution in [2.24, 2.45) is 0 Å². The van der Waals surface area contributed by atoms with E-state index in [0.29, 0.717) is 6.41 Å². The largest absolute Gasteiger partial charge is 0.345 e. The average molecular weight is 215 g/mol. The average Bonchev–Trinajstić information content (AvgIpc) is 2.15. The molecule has 0 aromatic carbocycles. The van der Waals surface area contributed by atoms with Crippen molar-refractivity contribution in [3.05, 3.63) is 12.2 Å². The highest BCUT2D eigenvalue weighted by molar-refractivity contribution is 7.96. The zero-order chi connectivity index (χ0) is 10.8. The summed E-state index contributed by atoms with van der Waals surface area (Å²) in [5.74, 6) is 0. The Kier molecular flexibility index (Phi) is 8.33. The molecule has 0 aromatic rings. The molecule has 1 atom stereocenters. The van der Waals surface area contributed by atoms with Gasteiger partial charge in [-0.15, -0.1) is 12.6 Å². The van der Waals surface area contributed by atoms with Gasteiger partial charge in [0, 0.05) is 0 Å². The second kappa shape index (κ2) is 8.81. The molecule has 0 aliphatic heterocycles. The van der Waals surface area contributed by atoms with Gasteiger partial charge in [0.1, 0.15) is 6.04 Å². The molecule has 80 valence electrons. The van der Waals surface area contributed by atoms with Crippen LogP contribution in [-0.4, -0.2) is 17.6 Å². The lowest BCUT2D eigenvalue weighted by Gasteiger charge is -2.05. The van der Waals surface area contributed by atoms with E-state index < -0.39 is 6.04 Å². The van der Waals surface area contributed by atoms with Gasteiger partial charge >= 0.3 is 0 Å². The molecule has 0 aliphatic rings. The molecule has 3 nitrogen and oxygen atoms in total. The summed E-state index contributed by atoms with van der Waals surface area (Å²) in [6, 6.07) is -0.586. The molecule has 0 bridgehead atoms. The van der Waals surface area contributed by atoms with Gasteiger partial charge < -0.3 is 5.32 Å². The summed E-state index contributed by atoms with van der Waals surface area (Å²) in [6.45, 7) is 2.14. The van der Waals surface area contributed by atoms with Gasteiger partial charge in [0.2, 0.25) is 11.5 Å². The summed E-state index contributed by atoms with van der Waals surface area (Å²) < 4.78 is 0. The number of hydrogen-bond donors (Lipinski definition) is 2. The maximum Gasteiger partial charge on any atom is 0.212 e. The van der Waals surface area contributed by atoms with E-state index in [-0.39, 0.29) is 5.12 Å². The first kappa shape index (κ1) is 13.2. The van der Waals surface area contributed by atoms with Crippen molar-refractivity contribution in [1.82, 2.24) is 5.32 Å². The quantitative estimate of drug-likeness (QED) is 0.280. The van der Waals surface area contributed by atoms with Crippen LogP contribution in [0, 0.1) is 0 Å². The summed E-state index contributed by atoms with van der Waals surface area (Å²) in [4.78, 5) is 21.0. The fourth-order valence-electron chi connectivity index (χ4n) is 1.03. The number of rotatable bonds is 8. The Labute approximate surface area is 90.4 Å². The maximum absolute atomic E-state index is 10.8. The molecule has 0 radical (unpaired) electrons. The lowest BCUT2D eigenvalue weighted by molar-refractivity contribution is -0.116. The molecule has 0 rings (SSSR count).